The molecule has 0 saturated heterocycles. The van der Waals surface area contributed by atoms with Crippen molar-refractivity contribution in [3.63, 3.8) is 0 Å². The number of carbonyl (C=O) groups is 1. The minimum absolute atomic E-state index is 0.0274. The number of carbonyl (C=O) groups excluding carboxylic acids is 1. The zero-order valence-corrected chi connectivity index (χ0v) is 23.3. The number of anilines is 1. The molecule has 1 aliphatic carbocycles. The maximum absolute atomic E-state index is 14.3. The Bertz CT molecular complexity index is 1690. The molecule has 1 unspecified atom stereocenters. The monoisotopic (exact) mass is 574 g/mol. The molecular formula is C33H29F3N2O4. The number of aliphatic hydroxyl groups excluding tert-OH is 1. The van der Waals surface area contributed by atoms with Crippen LogP contribution >= 0.6 is 0 Å². The molecule has 9 heteroatoms. The van der Waals surface area contributed by atoms with E-state index in [1.807, 2.05) is 20.8 Å². The highest BCUT2D eigenvalue weighted by molar-refractivity contribution is 6.20. The number of fused-ring (bicyclic) bond motifs is 1. The predicted molar refractivity (Wildman–Crippen MR) is 153 cm³/mol. The molecule has 0 spiro atoms. The number of halogens is 3. The molecule has 3 aliphatic rings. The molecule has 42 heavy (non-hydrogen) atoms. The fourth-order valence-electron chi connectivity index (χ4n) is 6.08. The topological polar surface area (TPSA) is 82.9 Å². The van der Waals surface area contributed by atoms with E-state index in [1.54, 1.807) is 42.5 Å². The normalized spacial score (nSPS) is 21.0. The number of aryl methyl sites for hydroxylation is 1. The van der Waals surface area contributed by atoms with Crippen molar-refractivity contribution in [3.05, 3.63) is 106 Å². The summed E-state index contributed by atoms with van der Waals surface area (Å²) in [5, 5.41) is 21.3. The molecule has 0 bridgehead atoms. The van der Waals surface area contributed by atoms with Crippen molar-refractivity contribution in [3.8, 4) is 11.5 Å². The molecule has 2 aliphatic heterocycles. The fourth-order valence-corrected chi connectivity index (χ4v) is 6.08. The van der Waals surface area contributed by atoms with Crippen LogP contribution in [-0.2, 0) is 11.0 Å². The number of Topliss-reactive ketones (excluding diaryl/α,β-unsaturated/α-hetero) is 1. The standard InChI is InChI=1S/C33H29F3N2O4/c1-18-8-10-19(11-9-18)30(40)29-27(20-12-13-25-26(14-20)42-17-41-25)28-23(15-32(2,3)16-24(28)39)38(31(29)37)22-7-5-4-6-21(22)33(34,35)36/h4-14,27,37,40H,15-17H2,1-3H3. The van der Waals surface area contributed by atoms with Crippen LogP contribution < -0.4 is 14.4 Å². The Morgan fingerprint density at radius 3 is 2.40 bits per heavy atom. The van der Waals surface area contributed by atoms with Crippen molar-refractivity contribution in [1.82, 2.24) is 0 Å². The summed E-state index contributed by atoms with van der Waals surface area (Å²) in [6, 6.07) is 17.1. The van der Waals surface area contributed by atoms with Crippen molar-refractivity contribution in [2.45, 2.75) is 45.7 Å². The highest BCUT2D eigenvalue weighted by atomic mass is 19.4. The van der Waals surface area contributed by atoms with Gasteiger partial charge in [-0.05, 0) is 48.6 Å². The SMILES string of the molecule is Cc1ccc(C(O)=C2C(=N)N(c3ccccc3C(F)(F)F)C3=C(C(=O)CC(C)(C)C3)C2c2ccc3c(c2)OCO3)cc1. The number of hydrogen-bond donors (Lipinski definition) is 2. The van der Waals surface area contributed by atoms with E-state index in [9.17, 15) is 28.5 Å². The minimum Gasteiger partial charge on any atom is -0.507 e. The first-order chi connectivity index (χ1) is 19.9. The first-order valence-electron chi connectivity index (χ1n) is 13.6. The molecule has 3 aromatic rings. The van der Waals surface area contributed by atoms with Gasteiger partial charge in [0.1, 0.15) is 11.6 Å². The number of benzene rings is 3. The van der Waals surface area contributed by atoms with Gasteiger partial charge in [0.2, 0.25) is 6.79 Å². The predicted octanol–water partition coefficient (Wildman–Crippen LogP) is 7.94. The van der Waals surface area contributed by atoms with Crippen LogP contribution in [0.5, 0.6) is 11.5 Å². The second-order valence-corrected chi connectivity index (χ2v) is 11.7. The Labute approximate surface area is 241 Å². The second kappa shape index (κ2) is 9.79. The summed E-state index contributed by atoms with van der Waals surface area (Å²) in [5.74, 6) is -0.841. The molecule has 1 atom stereocenters. The zero-order chi connectivity index (χ0) is 30.0. The van der Waals surface area contributed by atoms with Crippen LogP contribution in [0.3, 0.4) is 0 Å². The first kappa shape index (κ1) is 27.6. The van der Waals surface area contributed by atoms with Gasteiger partial charge in [0, 0.05) is 34.7 Å². The number of alkyl halides is 3. The van der Waals surface area contributed by atoms with Crippen LogP contribution in [0, 0.1) is 17.7 Å². The van der Waals surface area contributed by atoms with Gasteiger partial charge in [-0.1, -0.05) is 61.9 Å². The Morgan fingerprint density at radius 1 is 1.00 bits per heavy atom. The zero-order valence-electron chi connectivity index (χ0n) is 23.3. The molecule has 0 amide bonds. The maximum Gasteiger partial charge on any atom is 0.418 e. The van der Waals surface area contributed by atoms with E-state index in [0.717, 1.165) is 11.6 Å². The Hall–Kier alpha value is -4.53. The van der Waals surface area contributed by atoms with Crippen LogP contribution in [0.1, 0.15) is 54.9 Å². The molecule has 2 heterocycles. The molecule has 0 fully saturated rings. The van der Waals surface area contributed by atoms with Gasteiger partial charge in [-0.2, -0.15) is 13.2 Å². The number of nitrogens with one attached hydrogen (secondary N) is 1. The summed E-state index contributed by atoms with van der Waals surface area (Å²) in [7, 11) is 0. The lowest BCUT2D eigenvalue weighted by molar-refractivity contribution is -0.137. The molecule has 3 aromatic carbocycles. The average Bonchev–Trinajstić information content (AvgIpc) is 3.39. The summed E-state index contributed by atoms with van der Waals surface area (Å²) in [6.45, 7) is 5.69. The van der Waals surface area contributed by atoms with Crippen LogP contribution in [0.4, 0.5) is 18.9 Å². The molecule has 216 valence electrons. The lowest BCUT2D eigenvalue weighted by atomic mass is 9.67. The lowest BCUT2D eigenvalue weighted by Crippen LogP contribution is -2.45. The Kier molecular flexibility index (Phi) is 6.44. The molecular weight excluding hydrogens is 545 g/mol. The average molecular weight is 575 g/mol. The third-order valence-electron chi connectivity index (χ3n) is 7.98. The quantitative estimate of drug-likeness (QED) is 0.311. The van der Waals surface area contributed by atoms with Gasteiger partial charge in [-0.3, -0.25) is 15.1 Å². The molecule has 6 nitrogen and oxygen atoms in total. The van der Waals surface area contributed by atoms with Gasteiger partial charge in [0.05, 0.1) is 11.3 Å². The summed E-state index contributed by atoms with van der Waals surface area (Å²) in [4.78, 5) is 15.2. The number of aliphatic hydroxyl groups is 1. The van der Waals surface area contributed by atoms with Gasteiger partial charge in [0.15, 0.2) is 17.3 Å². The third-order valence-corrected chi connectivity index (χ3v) is 7.98. The second-order valence-electron chi connectivity index (χ2n) is 11.7. The van der Waals surface area contributed by atoms with Gasteiger partial charge in [-0.25, -0.2) is 0 Å². The van der Waals surface area contributed by atoms with Gasteiger partial charge in [0.25, 0.3) is 0 Å². The molecule has 0 saturated carbocycles. The minimum atomic E-state index is -4.72. The highest BCUT2D eigenvalue weighted by Crippen LogP contribution is 2.53. The molecule has 6 rings (SSSR count). The van der Waals surface area contributed by atoms with Crippen LogP contribution in [0.25, 0.3) is 5.76 Å². The Morgan fingerprint density at radius 2 is 1.69 bits per heavy atom. The summed E-state index contributed by atoms with van der Waals surface area (Å²) in [6.07, 6.45) is -4.31. The van der Waals surface area contributed by atoms with E-state index in [4.69, 9.17) is 9.47 Å². The van der Waals surface area contributed by atoms with Gasteiger partial charge < -0.3 is 14.6 Å². The number of rotatable bonds is 3. The largest absolute Gasteiger partial charge is 0.507 e. The molecule has 2 N–H and O–H groups in total. The third kappa shape index (κ3) is 4.62. The van der Waals surface area contributed by atoms with Crippen LogP contribution in [-0.4, -0.2) is 23.5 Å². The van der Waals surface area contributed by atoms with E-state index in [1.165, 1.54) is 23.1 Å². The lowest BCUT2D eigenvalue weighted by Gasteiger charge is -2.45. The van der Waals surface area contributed by atoms with Crippen molar-refractivity contribution in [2.75, 3.05) is 11.7 Å². The summed E-state index contributed by atoms with van der Waals surface area (Å²) < 4.78 is 54.1. The number of amidine groups is 1. The van der Waals surface area contributed by atoms with E-state index in [-0.39, 0.29) is 53.8 Å². The van der Waals surface area contributed by atoms with E-state index in [0.29, 0.717) is 28.3 Å². The van der Waals surface area contributed by atoms with Crippen molar-refractivity contribution >= 4 is 23.1 Å². The van der Waals surface area contributed by atoms with Crippen molar-refractivity contribution in [1.29, 1.82) is 5.41 Å². The smallest absolute Gasteiger partial charge is 0.418 e. The van der Waals surface area contributed by atoms with Gasteiger partial charge in [-0.15, -0.1) is 0 Å². The van der Waals surface area contributed by atoms with Crippen LogP contribution in [0.2, 0.25) is 0 Å². The highest BCUT2D eigenvalue weighted by Gasteiger charge is 2.48. The summed E-state index contributed by atoms with van der Waals surface area (Å²) >= 11 is 0. The van der Waals surface area contributed by atoms with Crippen molar-refractivity contribution in [2.24, 2.45) is 5.41 Å². The van der Waals surface area contributed by atoms with E-state index < -0.39 is 23.1 Å². The summed E-state index contributed by atoms with van der Waals surface area (Å²) in [5.41, 5.74) is 0.709. The number of nitrogens with zero attached hydrogens (tertiary/aromatic N) is 1. The molecule has 0 radical (unpaired) electrons. The number of para-hydroxylation sites is 1. The van der Waals surface area contributed by atoms with Gasteiger partial charge >= 0.3 is 6.18 Å². The Balaban J connectivity index is 1.69. The van der Waals surface area contributed by atoms with Crippen LogP contribution in [0.15, 0.2) is 83.6 Å². The maximum atomic E-state index is 14.3. The van der Waals surface area contributed by atoms with E-state index >= 15 is 0 Å². The van der Waals surface area contributed by atoms with E-state index in [2.05, 4.69) is 0 Å². The van der Waals surface area contributed by atoms with Crippen molar-refractivity contribution < 1.29 is 32.5 Å². The number of ether oxygens (including phenoxy) is 2. The first-order valence-corrected chi connectivity index (χ1v) is 13.6. The number of hydrogen-bond acceptors (Lipinski definition) is 5. The number of ketones is 1. The fraction of sp³-hybridized carbons (Fsp3) is 0.273. The molecule has 0 aromatic heterocycles. The number of allylic oxidation sites excluding steroid dienone is 2.